The van der Waals surface area contributed by atoms with Gasteiger partial charge < -0.3 is 4.57 Å². The lowest BCUT2D eigenvalue weighted by Gasteiger charge is -2.17. The summed E-state index contributed by atoms with van der Waals surface area (Å²) in [6, 6.07) is 4.97. The average Bonchev–Trinajstić information content (AvgIpc) is 2.78. The number of nitrogens with zero attached hydrogens (tertiary/aromatic N) is 2. The van der Waals surface area contributed by atoms with Crippen LogP contribution in [0.2, 0.25) is 0 Å². The summed E-state index contributed by atoms with van der Waals surface area (Å²) in [5, 5.41) is 0. The first kappa shape index (κ1) is 13.5. The van der Waals surface area contributed by atoms with Crippen LogP contribution in [-0.2, 0) is 11.8 Å². The number of halogens is 1. The van der Waals surface area contributed by atoms with Crippen molar-refractivity contribution in [2.24, 2.45) is 18.0 Å². The van der Waals surface area contributed by atoms with Gasteiger partial charge in [0.1, 0.15) is 5.82 Å². The van der Waals surface area contributed by atoms with Crippen molar-refractivity contribution in [3.05, 3.63) is 28.8 Å². The summed E-state index contributed by atoms with van der Waals surface area (Å²) in [6.07, 6.45) is 5.31. The van der Waals surface area contributed by atoms with E-state index in [0.717, 1.165) is 30.4 Å². The van der Waals surface area contributed by atoms with Crippen molar-refractivity contribution in [1.29, 1.82) is 0 Å². The van der Waals surface area contributed by atoms with Gasteiger partial charge in [0.25, 0.3) is 5.91 Å². The number of amides is 1. The summed E-state index contributed by atoms with van der Waals surface area (Å²) in [7, 11) is 1.76. The summed E-state index contributed by atoms with van der Waals surface area (Å²) in [4.78, 5) is 17.0. The lowest BCUT2D eigenvalue weighted by molar-refractivity contribution is -0.122. The third-order valence-corrected chi connectivity index (χ3v) is 5.03. The minimum Gasteiger partial charge on any atom is -0.317 e. The van der Waals surface area contributed by atoms with Gasteiger partial charge in [-0.15, -0.1) is 0 Å². The summed E-state index contributed by atoms with van der Waals surface area (Å²) >= 11 is 1.37. The van der Waals surface area contributed by atoms with Crippen LogP contribution >= 0.6 is 11.3 Å². The molecule has 1 heterocycles. The maximum atomic E-state index is 13.8. The van der Waals surface area contributed by atoms with Gasteiger partial charge in [-0.05, 0) is 25.0 Å². The smallest absolute Gasteiger partial charge is 0.251 e. The van der Waals surface area contributed by atoms with Crippen molar-refractivity contribution in [2.45, 2.75) is 32.1 Å². The normalized spacial score (nSPS) is 17.8. The van der Waals surface area contributed by atoms with Crippen LogP contribution in [0, 0.1) is 11.7 Å². The lowest BCUT2D eigenvalue weighted by Crippen LogP contribution is -2.20. The Bertz CT molecular complexity index is 710. The predicted octanol–water partition coefficient (Wildman–Crippen LogP) is 3.39. The highest BCUT2D eigenvalue weighted by molar-refractivity contribution is 7.16. The maximum Gasteiger partial charge on any atom is 0.251 e. The number of rotatable bonds is 1. The zero-order valence-electron chi connectivity index (χ0n) is 11.4. The summed E-state index contributed by atoms with van der Waals surface area (Å²) in [5.41, 5.74) is 0.521. The molecular weight excluding hydrogens is 275 g/mol. The minimum atomic E-state index is -0.271. The van der Waals surface area contributed by atoms with Crippen LogP contribution in [0.25, 0.3) is 10.2 Å². The quantitative estimate of drug-likeness (QED) is 0.793. The number of hydrogen-bond acceptors (Lipinski definition) is 2. The molecule has 0 aliphatic heterocycles. The van der Waals surface area contributed by atoms with E-state index >= 15 is 0 Å². The molecule has 5 heteroatoms. The van der Waals surface area contributed by atoms with E-state index in [1.807, 2.05) is 6.07 Å². The standard InChI is InChI=1S/C15H17FN2OS/c1-18-13-11(16)8-5-9-12(13)20-15(18)17-14(19)10-6-3-2-4-7-10/h5,8-10H,2-4,6-7H2,1H3. The van der Waals surface area contributed by atoms with E-state index in [1.54, 1.807) is 17.7 Å². The topological polar surface area (TPSA) is 34.4 Å². The number of aryl methyl sites for hydroxylation is 1. The van der Waals surface area contributed by atoms with Gasteiger partial charge in [-0.1, -0.05) is 36.7 Å². The fourth-order valence-corrected chi connectivity index (χ4v) is 3.84. The van der Waals surface area contributed by atoms with Crippen molar-refractivity contribution in [2.75, 3.05) is 0 Å². The van der Waals surface area contributed by atoms with E-state index in [1.165, 1.54) is 23.8 Å². The van der Waals surface area contributed by atoms with E-state index in [4.69, 9.17) is 0 Å². The molecular formula is C15H17FN2OS. The number of benzene rings is 1. The Kier molecular flexibility index (Phi) is 3.70. The zero-order valence-corrected chi connectivity index (χ0v) is 12.3. The first-order valence-corrected chi connectivity index (χ1v) is 7.81. The molecule has 1 aromatic carbocycles. The molecule has 0 saturated heterocycles. The van der Waals surface area contributed by atoms with Crippen LogP contribution in [0.4, 0.5) is 4.39 Å². The zero-order chi connectivity index (χ0) is 14.1. The predicted molar refractivity (Wildman–Crippen MR) is 77.9 cm³/mol. The Morgan fingerprint density at radius 2 is 2.10 bits per heavy atom. The third-order valence-electron chi connectivity index (χ3n) is 3.93. The van der Waals surface area contributed by atoms with Gasteiger partial charge in [-0.25, -0.2) is 4.39 Å². The van der Waals surface area contributed by atoms with Crippen molar-refractivity contribution < 1.29 is 9.18 Å². The Morgan fingerprint density at radius 3 is 2.80 bits per heavy atom. The second-order valence-electron chi connectivity index (χ2n) is 5.32. The summed E-state index contributed by atoms with van der Waals surface area (Å²) in [5.74, 6) is -0.265. The van der Waals surface area contributed by atoms with E-state index in [-0.39, 0.29) is 17.6 Å². The molecule has 0 bridgehead atoms. The Hall–Kier alpha value is -1.49. The molecule has 20 heavy (non-hydrogen) atoms. The first-order chi connectivity index (χ1) is 9.66. The number of carbonyl (C=O) groups is 1. The number of hydrogen-bond donors (Lipinski definition) is 0. The van der Waals surface area contributed by atoms with E-state index in [0.29, 0.717) is 10.3 Å². The van der Waals surface area contributed by atoms with Gasteiger partial charge in [-0.3, -0.25) is 4.79 Å². The molecule has 1 saturated carbocycles. The molecule has 0 unspecified atom stereocenters. The maximum absolute atomic E-state index is 13.8. The molecule has 106 valence electrons. The van der Waals surface area contributed by atoms with Crippen LogP contribution in [0.5, 0.6) is 0 Å². The summed E-state index contributed by atoms with van der Waals surface area (Å²) < 4.78 is 16.3. The van der Waals surface area contributed by atoms with Gasteiger partial charge in [0, 0.05) is 13.0 Å². The number of carbonyl (C=O) groups excluding carboxylic acids is 1. The number of fused-ring (bicyclic) bond motifs is 1. The molecule has 1 aliphatic carbocycles. The molecule has 1 fully saturated rings. The highest BCUT2D eigenvalue weighted by Gasteiger charge is 2.21. The lowest BCUT2D eigenvalue weighted by atomic mass is 9.89. The van der Waals surface area contributed by atoms with Gasteiger partial charge in [0.2, 0.25) is 0 Å². The highest BCUT2D eigenvalue weighted by atomic mass is 32.1. The van der Waals surface area contributed by atoms with Crippen molar-refractivity contribution in [3.8, 4) is 0 Å². The Labute approximate surface area is 120 Å². The largest absolute Gasteiger partial charge is 0.317 e. The molecule has 2 aromatic rings. The van der Waals surface area contributed by atoms with Gasteiger partial charge >= 0.3 is 0 Å². The van der Waals surface area contributed by atoms with Crippen LogP contribution < -0.4 is 4.80 Å². The Balaban J connectivity index is 2.01. The minimum absolute atomic E-state index is 0.0488. The number of thiazole rings is 1. The van der Waals surface area contributed by atoms with Crippen LogP contribution in [0.15, 0.2) is 23.2 Å². The van der Waals surface area contributed by atoms with Crippen LogP contribution in [0.3, 0.4) is 0 Å². The highest BCUT2D eigenvalue weighted by Crippen LogP contribution is 2.25. The molecule has 3 nitrogen and oxygen atoms in total. The number of para-hydroxylation sites is 1. The van der Waals surface area contributed by atoms with E-state index < -0.39 is 0 Å². The van der Waals surface area contributed by atoms with Crippen LogP contribution in [-0.4, -0.2) is 10.5 Å². The van der Waals surface area contributed by atoms with Crippen molar-refractivity contribution in [3.63, 3.8) is 0 Å². The molecule has 1 aliphatic rings. The van der Waals surface area contributed by atoms with Gasteiger partial charge in [0.05, 0.1) is 10.2 Å². The number of aromatic nitrogens is 1. The Morgan fingerprint density at radius 1 is 1.35 bits per heavy atom. The van der Waals surface area contributed by atoms with Gasteiger partial charge in [-0.2, -0.15) is 4.99 Å². The third kappa shape index (κ3) is 2.42. The van der Waals surface area contributed by atoms with E-state index in [2.05, 4.69) is 4.99 Å². The fraction of sp³-hybridized carbons (Fsp3) is 0.467. The second kappa shape index (κ2) is 5.48. The monoisotopic (exact) mass is 292 g/mol. The summed E-state index contributed by atoms with van der Waals surface area (Å²) in [6.45, 7) is 0. The molecule has 0 N–H and O–H groups in total. The van der Waals surface area contributed by atoms with Crippen molar-refractivity contribution >= 4 is 27.5 Å². The SMILES string of the molecule is Cn1c(=NC(=O)C2CCCCC2)sc2cccc(F)c21. The fourth-order valence-electron chi connectivity index (χ4n) is 2.80. The molecule has 0 radical (unpaired) electrons. The molecule has 1 aromatic heterocycles. The molecule has 0 spiro atoms. The van der Waals surface area contributed by atoms with Crippen molar-refractivity contribution in [1.82, 2.24) is 4.57 Å². The van der Waals surface area contributed by atoms with Gasteiger partial charge in [0.15, 0.2) is 4.80 Å². The second-order valence-corrected chi connectivity index (χ2v) is 6.32. The van der Waals surface area contributed by atoms with Crippen LogP contribution in [0.1, 0.15) is 32.1 Å². The first-order valence-electron chi connectivity index (χ1n) is 6.99. The van der Waals surface area contributed by atoms with E-state index in [9.17, 15) is 9.18 Å². The molecule has 1 amide bonds. The molecule has 3 rings (SSSR count). The molecule has 0 atom stereocenters. The average molecular weight is 292 g/mol.